The molecule has 1 heterocycles. The number of nitrogens with zero attached hydrogens (tertiary/aromatic N) is 2. The lowest BCUT2D eigenvalue weighted by Crippen LogP contribution is -2.44. The van der Waals surface area contributed by atoms with Gasteiger partial charge in [-0.2, -0.15) is 5.26 Å². The van der Waals surface area contributed by atoms with Gasteiger partial charge in [0.25, 0.3) is 0 Å². The first-order valence-corrected chi connectivity index (χ1v) is 6.61. The van der Waals surface area contributed by atoms with Crippen molar-refractivity contribution in [1.29, 1.82) is 5.26 Å². The molecule has 1 aromatic carbocycles. The largest absolute Gasteiger partial charge is 0.497 e. The fourth-order valence-corrected chi connectivity index (χ4v) is 2.80. The molecular weight excluding hydrogens is 256 g/mol. The van der Waals surface area contributed by atoms with E-state index in [0.29, 0.717) is 32.4 Å². The smallest absolute Gasteiger partial charge is 0.407 e. The molecule has 20 heavy (non-hydrogen) atoms. The van der Waals surface area contributed by atoms with Crippen LogP contribution in [0, 0.1) is 11.3 Å². The minimum Gasteiger partial charge on any atom is -0.497 e. The lowest BCUT2D eigenvalue weighted by Gasteiger charge is -2.40. The van der Waals surface area contributed by atoms with Gasteiger partial charge in [0.15, 0.2) is 0 Å². The molecule has 1 aliphatic heterocycles. The quantitative estimate of drug-likeness (QED) is 0.919. The van der Waals surface area contributed by atoms with E-state index >= 15 is 0 Å². The van der Waals surface area contributed by atoms with Crippen molar-refractivity contribution in [2.24, 2.45) is 0 Å². The van der Waals surface area contributed by atoms with Crippen molar-refractivity contribution in [2.75, 3.05) is 20.2 Å². The summed E-state index contributed by atoms with van der Waals surface area (Å²) in [6.07, 6.45) is 0.842. The summed E-state index contributed by atoms with van der Waals surface area (Å²) in [5, 5.41) is 18.2. The molecule has 2 rings (SSSR count). The maximum Gasteiger partial charge on any atom is 0.407 e. The zero-order valence-electron chi connectivity index (χ0n) is 11.5. The normalized spacial score (nSPS) is 17.3. The lowest BCUT2D eigenvalue weighted by atomic mass is 9.71. The molecule has 5 heteroatoms. The van der Waals surface area contributed by atoms with E-state index in [4.69, 9.17) is 15.1 Å². The maximum atomic E-state index is 11.0. The zero-order chi connectivity index (χ0) is 14.6. The molecule has 106 valence electrons. The first kappa shape index (κ1) is 14.2. The number of likely N-dealkylation sites (tertiary alicyclic amines) is 1. The number of rotatable bonds is 3. The van der Waals surface area contributed by atoms with Crippen LogP contribution in [0.1, 0.15) is 24.8 Å². The Hall–Kier alpha value is -2.22. The van der Waals surface area contributed by atoms with E-state index in [0.717, 1.165) is 11.3 Å². The Bertz CT molecular complexity index is 528. The Balaban J connectivity index is 2.27. The van der Waals surface area contributed by atoms with Crippen LogP contribution in [-0.4, -0.2) is 36.3 Å². The van der Waals surface area contributed by atoms with Gasteiger partial charge >= 0.3 is 6.09 Å². The van der Waals surface area contributed by atoms with Crippen molar-refractivity contribution < 1.29 is 14.6 Å². The van der Waals surface area contributed by atoms with Gasteiger partial charge in [-0.1, -0.05) is 12.1 Å². The number of hydrogen-bond donors (Lipinski definition) is 1. The Kier molecular flexibility index (Phi) is 4.14. The Morgan fingerprint density at radius 3 is 2.75 bits per heavy atom. The Morgan fingerprint density at radius 1 is 1.50 bits per heavy atom. The number of nitriles is 1. The molecule has 0 unspecified atom stereocenters. The second kappa shape index (κ2) is 5.83. The molecule has 1 aromatic rings. The van der Waals surface area contributed by atoms with Crippen LogP contribution in [0.25, 0.3) is 0 Å². The number of benzene rings is 1. The van der Waals surface area contributed by atoms with Gasteiger partial charge in [0.05, 0.1) is 13.2 Å². The van der Waals surface area contributed by atoms with Crippen molar-refractivity contribution in [1.82, 2.24) is 4.90 Å². The second-order valence-corrected chi connectivity index (χ2v) is 5.12. The topological polar surface area (TPSA) is 73.6 Å². The Labute approximate surface area is 118 Å². The van der Waals surface area contributed by atoms with Crippen molar-refractivity contribution in [2.45, 2.75) is 24.7 Å². The summed E-state index contributed by atoms with van der Waals surface area (Å²) in [5.41, 5.74) is 0.790. The predicted octanol–water partition coefficient (Wildman–Crippen LogP) is 2.62. The van der Waals surface area contributed by atoms with Gasteiger partial charge in [-0.15, -0.1) is 0 Å². The van der Waals surface area contributed by atoms with Crippen molar-refractivity contribution in [3.63, 3.8) is 0 Å². The summed E-state index contributed by atoms with van der Waals surface area (Å²) in [6.45, 7) is 0.933. The van der Waals surface area contributed by atoms with Crippen molar-refractivity contribution >= 4 is 6.09 Å². The average Bonchev–Trinajstić information content (AvgIpc) is 2.48. The van der Waals surface area contributed by atoms with Gasteiger partial charge in [-0.25, -0.2) is 4.79 Å². The molecule has 0 aliphatic carbocycles. The van der Waals surface area contributed by atoms with Crippen LogP contribution in [0.3, 0.4) is 0 Å². The summed E-state index contributed by atoms with van der Waals surface area (Å²) in [5.74, 6) is 0.764. The number of hydrogen-bond acceptors (Lipinski definition) is 3. The fourth-order valence-electron chi connectivity index (χ4n) is 2.80. The zero-order valence-corrected chi connectivity index (χ0v) is 11.5. The molecule has 0 aromatic heterocycles. The van der Waals surface area contributed by atoms with Crippen LogP contribution < -0.4 is 4.74 Å². The number of amides is 1. The third-order valence-electron chi connectivity index (χ3n) is 4.09. The minimum absolute atomic E-state index is 0.269. The molecular formula is C15H18N2O3. The van der Waals surface area contributed by atoms with Gasteiger partial charge in [0, 0.05) is 24.9 Å². The molecule has 1 saturated heterocycles. The van der Waals surface area contributed by atoms with Crippen LogP contribution in [-0.2, 0) is 5.41 Å². The third-order valence-corrected chi connectivity index (χ3v) is 4.09. The summed E-state index contributed by atoms with van der Waals surface area (Å²) in [7, 11) is 1.61. The molecule has 0 bridgehead atoms. The van der Waals surface area contributed by atoms with Crippen LogP contribution in [0.15, 0.2) is 24.3 Å². The van der Waals surface area contributed by atoms with E-state index in [1.165, 1.54) is 4.90 Å². The highest BCUT2D eigenvalue weighted by molar-refractivity contribution is 5.65. The third kappa shape index (κ3) is 2.69. The molecule has 0 saturated carbocycles. The van der Waals surface area contributed by atoms with E-state index in [2.05, 4.69) is 6.07 Å². The molecule has 0 spiro atoms. The highest BCUT2D eigenvalue weighted by atomic mass is 16.5. The van der Waals surface area contributed by atoms with Crippen LogP contribution in [0.2, 0.25) is 0 Å². The van der Waals surface area contributed by atoms with E-state index < -0.39 is 6.09 Å². The number of ether oxygens (including phenoxy) is 1. The van der Waals surface area contributed by atoms with Crippen LogP contribution in [0.5, 0.6) is 5.75 Å². The molecule has 0 atom stereocenters. The van der Waals surface area contributed by atoms with Gasteiger partial charge in [-0.05, 0) is 30.5 Å². The van der Waals surface area contributed by atoms with E-state index in [1.807, 2.05) is 24.3 Å². The van der Waals surface area contributed by atoms with Gasteiger partial charge in [0.1, 0.15) is 5.75 Å². The Morgan fingerprint density at radius 2 is 2.20 bits per heavy atom. The van der Waals surface area contributed by atoms with E-state index in [1.54, 1.807) is 7.11 Å². The summed E-state index contributed by atoms with van der Waals surface area (Å²) >= 11 is 0. The fraction of sp³-hybridized carbons (Fsp3) is 0.467. The predicted molar refractivity (Wildman–Crippen MR) is 73.7 cm³/mol. The first-order chi connectivity index (χ1) is 9.61. The average molecular weight is 274 g/mol. The summed E-state index contributed by atoms with van der Waals surface area (Å²) < 4.78 is 5.24. The molecule has 5 nitrogen and oxygen atoms in total. The monoisotopic (exact) mass is 274 g/mol. The standard InChI is InChI=1S/C15H18N2O3/c1-20-13-4-2-3-12(11-13)15(5-8-16)6-9-17(10-7-15)14(18)19/h2-4,11H,5-7,9-10H2,1H3,(H,18,19). The van der Waals surface area contributed by atoms with Crippen molar-refractivity contribution in [3.8, 4) is 11.8 Å². The summed E-state index contributed by atoms with van der Waals surface area (Å²) in [6, 6.07) is 9.98. The molecule has 1 N–H and O–H groups in total. The SMILES string of the molecule is COc1cccc(C2(CC#N)CCN(C(=O)O)CC2)c1. The minimum atomic E-state index is -0.888. The second-order valence-electron chi connectivity index (χ2n) is 5.12. The number of carboxylic acid groups (broad SMARTS) is 1. The molecule has 1 aliphatic rings. The van der Waals surface area contributed by atoms with Crippen LogP contribution >= 0.6 is 0 Å². The highest BCUT2D eigenvalue weighted by Gasteiger charge is 2.37. The van der Waals surface area contributed by atoms with Crippen molar-refractivity contribution in [3.05, 3.63) is 29.8 Å². The summed E-state index contributed by atoms with van der Waals surface area (Å²) in [4.78, 5) is 12.4. The maximum absolute atomic E-state index is 11.0. The van der Waals surface area contributed by atoms with Gasteiger partial charge in [0.2, 0.25) is 0 Å². The first-order valence-electron chi connectivity index (χ1n) is 6.61. The highest BCUT2D eigenvalue weighted by Crippen LogP contribution is 2.39. The van der Waals surface area contributed by atoms with E-state index in [-0.39, 0.29) is 5.41 Å². The number of methoxy groups -OCH3 is 1. The lowest BCUT2D eigenvalue weighted by molar-refractivity contribution is 0.116. The van der Waals surface area contributed by atoms with Gasteiger partial charge < -0.3 is 14.7 Å². The number of carbonyl (C=O) groups is 1. The van der Waals surface area contributed by atoms with Gasteiger partial charge in [-0.3, -0.25) is 0 Å². The number of piperidine rings is 1. The molecule has 0 radical (unpaired) electrons. The molecule has 1 amide bonds. The molecule has 1 fully saturated rings. The van der Waals surface area contributed by atoms with Crippen LogP contribution in [0.4, 0.5) is 4.79 Å². The van der Waals surface area contributed by atoms with E-state index in [9.17, 15) is 4.79 Å².